The number of ether oxygens (including phenoxy) is 2. The molecule has 0 radical (unpaired) electrons. The summed E-state index contributed by atoms with van der Waals surface area (Å²) in [5, 5.41) is 12.4. The number of carbonyl (C=O) groups excluding carboxylic acids is 1. The van der Waals surface area contributed by atoms with Crippen LogP contribution in [0.1, 0.15) is 27.6 Å². The Morgan fingerprint density at radius 1 is 1.32 bits per heavy atom. The van der Waals surface area contributed by atoms with E-state index in [1.54, 1.807) is 23.5 Å². The third kappa shape index (κ3) is 7.03. The molecule has 2 atom stereocenters. The van der Waals surface area contributed by atoms with Crippen LogP contribution in [0.3, 0.4) is 0 Å². The van der Waals surface area contributed by atoms with E-state index in [0.29, 0.717) is 32.8 Å². The average molecular weight is 485 g/mol. The van der Waals surface area contributed by atoms with Gasteiger partial charge in [-0.25, -0.2) is 0 Å². The second-order valence-corrected chi connectivity index (χ2v) is 9.70. The van der Waals surface area contributed by atoms with E-state index in [2.05, 4.69) is 37.6 Å². The lowest BCUT2D eigenvalue weighted by atomic mass is 10.00. The standard InChI is InChI=1S/C27H36N2O4S/c1-5-11-28(16-22(30)18-32-13-6-2)17-27(31)29-12-9-26-23(10-14-34-26)24(29)19-33-25-8-7-20(3)15-21(25)4/h5-8,10,14-15,22,24,30H,1-2,9,11-13,16-19H2,3-4H3. The van der Waals surface area contributed by atoms with E-state index in [4.69, 9.17) is 9.47 Å². The molecule has 3 rings (SSSR count). The lowest BCUT2D eigenvalue weighted by Gasteiger charge is -2.37. The second kappa shape index (κ2) is 12.9. The minimum Gasteiger partial charge on any atom is -0.491 e. The summed E-state index contributed by atoms with van der Waals surface area (Å²) in [5.74, 6) is 0.864. The molecule has 1 amide bonds. The van der Waals surface area contributed by atoms with Gasteiger partial charge in [-0.2, -0.15) is 0 Å². The normalized spacial score (nSPS) is 16.2. The summed E-state index contributed by atoms with van der Waals surface area (Å²) in [5.41, 5.74) is 3.45. The van der Waals surface area contributed by atoms with Crippen LogP contribution >= 0.6 is 11.3 Å². The Balaban J connectivity index is 1.69. The number of fused-ring (bicyclic) bond motifs is 1. The number of hydrogen-bond acceptors (Lipinski definition) is 6. The van der Waals surface area contributed by atoms with Crippen LogP contribution in [0.5, 0.6) is 5.75 Å². The van der Waals surface area contributed by atoms with Gasteiger partial charge in [-0.3, -0.25) is 9.69 Å². The fourth-order valence-corrected chi connectivity index (χ4v) is 5.24. The van der Waals surface area contributed by atoms with Crippen molar-refractivity contribution in [2.45, 2.75) is 32.4 Å². The molecule has 0 saturated heterocycles. The van der Waals surface area contributed by atoms with Gasteiger partial charge in [0.2, 0.25) is 5.91 Å². The molecule has 1 aliphatic heterocycles. The summed E-state index contributed by atoms with van der Waals surface area (Å²) >= 11 is 1.74. The number of nitrogens with zero attached hydrogens (tertiary/aromatic N) is 2. The Labute approximate surface area is 207 Å². The number of thiophene rings is 1. The summed E-state index contributed by atoms with van der Waals surface area (Å²) < 4.78 is 11.6. The molecule has 2 unspecified atom stereocenters. The van der Waals surface area contributed by atoms with Crippen LogP contribution in [0.15, 0.2) is 55.0 Å². The number of aliphatic hydroxyl groups is 1. The van der Waals surface area contributed by atoms with Crippen LogP contribution in [-0.2, 0) is 16.0 Å². The van der Waals surface area contributed by atoms with Gasteiger partial charge in [-0.1, -0.05) is 29.8 Å². The third-order valence-corrected chi connectivity index (χ3v) is 6.90. The molecule has 6 nitrogen and oxygen atoms in total. The first-order chi connectivity index (χ1) is 16.4. The van der Waals surface area contributed by atoms with Crippen LogP contribution in [-0.4, -0.2) is 72.9 Å². The van der Waals surface area contributed by atoms with Crippen molar-refractivity contribution < 1.29 is 19.4 Å². The zero-order chi connectivity index (χ0) is 24.5. The van der Waals surface area contributed by atoms with Crippen LogP contribution in [0.4, 0.5) is 0 Å². The number of carbonyl (C=O) groups is 1. The average Bonchev–Trinajstić information content (AvgIpc) is 3.28. The van der Waals surface area contributed by atoms with Gasteiger partial charge in [0.15, 0.2) is 0 Å². The van der Waals surface area contributed by atoms with E-state index in [-0.39, 0.29) is 25.1 Å². The molecule has 184 valence electrons. The first kappa shape index (κ1) is 26.2. The summed E-state index contributed by atoms with van der Waals surface area (Å²) in [6.45, 7) is 14.2. The molecule has 0 bridgehead atoms. The van der Waals surface area contributed by atoms with E-state index in [9.17, 15) is 9.90 Å². The van der Waals surface area contributed by atoms with Crippen molar-refractivity contribution in [1.29, 1.82) is 0 Å². The summed E-state index contributed by atoms with van der Waals surface area (Å²) in [4.78, 5) is 18.6. The highest BCUT2D eigenvalue weighted by atomic mass is 32.1. The smallest absolute Gasteiger partial charge is 0.237 e. The van der Waals surface area contributed by atoms with E-state index >= 15 is 0 Å². The van der Waals surface area contributed by atoms with Gasteiger partial charge in [-0.15, -0.1) is 24.5 Å². The Morgan fingerprint density at radius 3 is 2.88 bits per heavy atom. The van der Waals surface area contributed by atoms with Crippen molar-refractivity contribution in [1.82, 2.24) is 9.80 Å². The monoisotopic (exact) mass is 484 g/mol. The molecule has 1 aromatic carbocycles. The second-order valence-electron chi connectivity index (χ2n) is 8.69. The zero-order valence-electron chi connectivity index (χ0n) is 20.2. The third-order valence-electron chi connectivity index (χ3n) is 5.90. The highest BCUT2D eigenvalue weighted by Crippen LogP contribution is 2.34. The van der Waals surface area contributed by atoms with Crippen molar-refractivity contribution >= 4 is 17.2 Å². The highest BCUT2D eigenvalue weighted by molar-refractivity contribution is 7.10. The van der Waals surface area contributed by atoms with E-state index in [1.165, 1.54) is 16.0 Å². The largest absolute Gasteiger partial charge is 0.491 e. The number of aryl methyl sites for hydroxylation is 2. The molecule has 2 aromatic rings. The van der Waals surface area contributed by atoms with Gasteiger partial charge in [0.25, 0.3) is 0 Å². The van der Waals surface area contributed by atoms with Crippen LogP contribution < -0.4 is 4.74 Å². The summed E-state index contributed by atoms with van der Waals surface area (Å²) in [7, 11) is 0. The Bertz CT molecular complexity index is 973. The fourth-order valence-electron chi connectivity index (χ4n) is 4.31. The van der Waals surface area contributed by atoms with Gasteiger partial charge < -0.3 is 19.5 Å². The molecule has 7 heteroatoms. The van der Waals surface area contributed by atoms with E-state index < -0.39 is 6.10 Å². The number of hydrogen-bond donors (Lipinski definition) is 1. The lowest BCUT2D eigenvalue weighted by Crippen LogP contribution is -2.48. The minimum absolute atomic E-state index is 0.0205. The van der Waals surface area contributed by atoms with Gasteiger partial charge in [-0.05, 0) is 48.9 Å². The molecule has 0 aliphatic carbocycles. The van der Waals surface area contributed by atoms with E-state index in [0.717, 1.165) is 17.7 Å². The zero-order valence-corrected chi connectivity index (χ0v) is 21.1. The predicted octanol–water partition coefficient (Wildman–Crippen LogP) is 3.92. The molecule has 1 aliphatic rings. The topological polar surface area (TPSA) is 62.2 Å². The Hall–Kier alpha value is -2.45. The van der Waals surface area contributed by atoms with Crippen LogP contribution in [0.25, 0.3) is 0 Å². The molecule has 0 saturated carbocycles. The predicted molar refractivity (Wildman–Crippen MR) is 138 cm³/mol. The van der Waals surface area contributed by atoms with Gasteiger partial charge in [0.1, 0.15) is 12.4 Å². The maximum absolute atomic E-state index is 13.5. The molecule has 34 heavy (non-hydrogen) atoms. The van der Waals surface area contributed by atoms with Crippen molar-refractivity contribution in [2.75, 3.05) is 46.0 Å². The highest BCUT2D eigenvalue weighted by Gasteiger charge is 2.33. The molecule has 0 spiro atoms. The van der Waals surface area contributed by atoms with Crippen molar-refractivity contribution in [2.24, 2.45) is 0 Å². The maximum Gasteiger partial charge on any atom is 0.237 e. The van der Waals surface area contributed by atoms with Gasteiger partial charge in [0, 0.05) is 24.5 Å². The SMILES string of the molecule is C=CCOCC(O)CN(CC=C)CC(=O)N1CCc2sccc2C1COc1ccc(C)cc1C. The minimum atomic E-state index is -0.693. The van der Waals surface area contributed by atoms with Crippen LogP contribution in [0, 0.1) is 13.8 Å². The molecule has 2 heterocycles. The number of aliphatic hydroxyl groups excluding tert-OH is 1. The number of benzene rings is 1. The van der Waals surface area contributed by atoms with Gasteiger partial charge in [0.05, 0.1) is 31.9 Å². The number of rotatable bonds is 13. The lowest BCUT2D eigenvalue weighted by molar-refractivity contribution is -0.136. The van der Waals surface area contributed by atoms with Crippen molar-refractivity contribution in [3.05, 3.63) is 76.5 Å². The molecular formula is C27H36N2O4S. The Morgan fingerprint density at radius 2 is 2.15 bits per heavy atom. The number of amides is 1. The van der Waals surface area contributed by atoms with Crippen molar-refractivity contribution in [3.8, 4) is 5.75 Å². The van der Waals surface area contributed by atoms with E-state index in [1.807, 2.05) is 28.9 Å². The van der Waals surface area contributed by atoms with Crippen LogP contribution in [0.2, 0.25) is 0 Å². The molecular weight excluding hydrogens is 448 g/mol. The summed E-state index contributed by atoms with van der Waals surface area (Å²) in [6.07, 6.45) is 3.55. The molecule has 0 fully saturated rings. The fraction of sp³-hybridized carbons (Fsp3) is 0.444. The molecule has 1 aromatic heterocycles. The van der Waals surface area contributed by atoms with Crippen molar-refractivity contribution in [3.63, 3.8) is 0 Å². The quantitative estimate of drug-likeness (QED) is 0.345. The Kier molecular flexibility index (Phi) is 9.89. The summed E-state index contributed by atoms with van der Waals surface area (Å²) in [6, 6.07) is 8.11. The van der Waals surface area contributed by atoms with Gasteiger partial charge >= 0.3 is 0 Å². The first-order valence-corrected chi connectivity index (χ1v) is 12.6. The first-order valence-electron chi connectivity index (χ1n) is 11.7. The molecule has 1 N–H and O–H groups in total. The maximum atomic E-state index is 13.5.